The molecule has 0 spiro atoms. The molecule has 2 heterocycles. The first kappa shape index (κ1) is 17.7. The van der Waals surface area contributed by atoms with Crippen molar-refractivity contribution in [3.05, 3.63) is 54.1 Å². The molecule has 0 atom stereocenters. The normalized spacial score (nSPS) is 10.7. The first-order valence-electron chi connectivity index (χ1n) is 8.46. The van der Waals surface area contributed by atoms with Crippen LogP contribution < -0.4 is 4.74 Å². The zero-order valence-electron chi connectivity index (χ0n) is 14.8. The third-order valence-electron chi connectivity index (χ3n) is 3.89. The molecular formula is C19H21N3O4. The fourth-order valence-corrected chi connectivity index (χ4v) is 2.57. The Labute approximate surface area is 151 Å². The SMILES string of the molecule is CCCN(Cc1nnc(-c2ccco2)o1)C(=O)Cc1ccc(OC)cc1. The van der Waals surface area contributed by atoms with Gasteiger partial charge in [-0.15, -0.1) is 10.2 Å². The monoisotopic (exact) mass is 355 g/mol. The van der Waals surface area contributed by atoms with E-state index in [1.165, 1.54) is 0 Å². The average Bonchev–Trinajstić information content (AvgIpc) is 3.33. The number of nitrogens with zero attached hydrogens (tertiary/aromatic N) is 3. The van der Waals surface area contributed by atoms with Crippen molar-refractivity contribution in [3.63, 3.8) is 0 Å². The van der Waals surface area contributed by atoms with Crippen LogP contribution in [0.3, 0.4) is 0 Å². The highest BCUT2D eigenvalue weighted by Gasteiger charge is 2.18. The molecule has 0 unspecified atom stereocenters. The molecule has 0 radical (unpaired) electrons. The second-order valence-corrected chi connectivity index (χ2v) is 5.82. The lowest BCUT2D eigenvalue weighted by Gasteiger charge is -2.20. The number of ether oxygens (including phenoxy) is 1. The van der Waals surface area contributed by atoms with Crippen LogP contribution in [0.2, 0.25) is 0 Å². The maximum Gasteiger partial charge on any atom is 0.283 e. The summed E-state index contributed by atoms with van der Waals surface area (Å²) >= 11 is 0. The molecule has 0 aliphatic heterocycles. The number of carbonyl (C=O) groups excluding carboxylic acids is 1. The van der Waals surface area contributed by atoms with Gasteiger partial charge in [0, 0.05) is 6.54 Å². The number of benzene rings is 1. The number of aromatic nitrogens is 2. The van der Waals surface area contributed by atoms with E-state index in [0.29, 0.717) is 30.5 Å². The molecule has 0 saturated carbocycles. The van der Waals surface area contributed by atoms with Crippen LogP contribution in [0.25, 0.3) is 11.7 Å². The van der Waals surface area contributed by atoms with Gasteiger partial charge in [-0.3, -0.25) is 4.79 Å². The van der Waals surface area contributed by atoms with Crippen LogP contribution in [0.5, 0.6) is 5.75 Å². The summed E-state index contributed by atoms with van der Waals surface area (Å²) in [6, 6.07) is 11.0. The minimum absolute atomic E-state index is 0.00904. The number of hydrogen-bond acceptors (Lipinski definition) is 6. The fourth-order valence-electron chi connectivity index (χ4n) is 2.57. The summed E-state index contributed by atoms with van der Waals surface area (Å²) in [6.07, 6.45) is 2.69. The smallest absolute Gasteiger partial charge is 0.283 e. The molecule has 7 heteroatoms. The van der Waals surface area contributed by atoms with Gasteiger partial charge in [0.15, 0.2) is 5.76 Å². The van der Waals surface area contributed by atoms with Crippen molar-refractivity contribution >= 4 is 5.91 Å². The minimum Gasteiger partial charge on any atom is -0.497 e. The quantitative estimate of drug-likeness (QED) is 0.616. The van der Waals surface area contributed by atoms with Crippen molar-refractivity contribution in [1.82, 2.24) is 15.1 Å². The van der Waals surface area contributed by atoms with E-state index in [4.69, 9.17) is 13.6 Å². The van der Waals surface area contributed by atoms with Gasteiger partial charge in [0.1, 0.15) is 5.75 Å². The van der Waals surface area contributed by atoms with Gasteiger partial charge >= 0.3 is 0 Å². The molecule has 0 aliphatic carbocycles. The highest BCUT2D eigenvalue weighted by Crippen LogP contribution is 2.19. The maximum atomic E-state index is 12.7. The summed E-state index contributed by atoms with van der Waals surface area (Å²) in [5.41, 5.74) is 0.929. The van der Waals surface area contributed by atoms with Crippen molar-refractivity contribution in [2.75, 3.05) is 13.7 Å². The van der Waals surface area contributed by atoms with E-state index in [0.717, 1.165) is 17.7 Å². The molecular weight excluding hydrogens is 334 g/mol. The van der Waals surface area contributed by atoms with Crippen LogP contribution in [0, 0.1) is 0 Å². The molecule has 1 aromatic carbocycles. The highest BCUT2D eigenvalue weighted by atomic mass is 16.5. The molecule has 26 heavy (non-hydrogen) atoms. The van der Waals surface area contributed by atoms with E-state index in [1.54, 1.807) is 30.4 Å². The van der Waals surface area contributed by atoms with Crippen molar-refractivity contribution in [3.8, 4) is 17.4 Å². The first-order valence-corrected chi connectivity index (χ1v) is 8.46. The van der Waals surface area contributed by atoms with E-state index in [-0.39, 0.29) is 12.5 Å². The number of amides is 1. The number of furan rings is 1. The summed E-state index contributed by atoms with van der Waals surface area (Å²) in [6.45, 7) is 2.92. The lowest BCUT2D eigenvalue weighted by Crippen LogP contribution is -2.32. The van der Waals surface area contributed by atoms with Crippen molar-refractivity contribution in [2.24, 2.45) is 0 Å². The largest absolute Gasteiger partial charge is 0.497 e. The zero-order chi connectivity index (χ0) is 18.4. The predicted octanol–water partition coefficient (Wildman–Crippen LogP) is 3.32. The van der Waals surface area contributed by atoms with Crippen LogP contribution in [0.15, 0.2) is 51.5 Å². The molecule has 3 rings (SSSR count). The Hall–Kier alpha value is -3.09. The summed E-state index contributed by atoms with van der Waals surface area (Å²) < 4.78 is 16.0. The van der Waals surface area contributed by atoms with Gasteiger partial charge in [0.25, 0.3) is 5.89 Å². The highest BCUT2D eigenvalue weighted by molar-refractivity contribution is 5.78. The maximum absolute atomic E-state index is 12.7. The molecule has 0 aliphatic rings. The van der Waals surface area contributed by atoms with Crippen molar-refractivity contribution < 1.29 is 18.4 Å². The minimum atomic E-state index is 0.00904. The van der Waals surface area contributed by atoms with E-state index < -0.39 is 0 Å². The van der Waals surface area contributed by atoms with Gasteiger partial charge in [0.05, 0.1) is 26.3 Å². The van der Waals surface area contributed by atoms with Crippen molar-refractivity contribution in [1.29, 1.82) is 0 Å². The van der Waals surface area contributed by atoms with Crippen LogP contribution in [0.4, 0.5) is 0 Å². The van der Waals surface area contributed by atoms with E-state index >= 15 is 0 Å². The van der Waals surface area contributed by atoms with E-state index in [9.17, 15) is 4.79 Å². The van der Waals surface area contributed by atoms with Crippen molar-refractivity contribution in [2.45, 2.75) is 26.3 Å². The predicted molar refractivity (Wildman–Crippen MR) is 94.4 cm³/mol. The Kier molecular flexibility index (Phi) is 5.68. The summed E-state index contributed by atoms with van der Waals surface area (Å²) in [4.78, 5) is 14.4. The summed E-state index contributed by atoms with van der Waals surface area (Å²) in [5.74, 6) is 1.98. The van der Waals surface area contributed by atoms with Gasteiger partial charge in [-0.05, 0) is 36.2 Å². The third kappa shape index (κ3) is 4.30. The number of hydrogen-bond donors (Lipinski definition) is 0. The molecule has 2 aromatic heterocycles. The standard InChI is InChI=1S/C19H21N3O4/c1-3-10-22(18(23)12-14-6-8-15(24-2)9-7-14)13-17-20-21-19(26-17)16-5-4-11-25-16/h4-9,11H,3,10,12-13H2,1-2H3. The molecule has 136 valence electrons. The van der Waals surface area contributed by atoms with Gasteiger partial charge in [-0.25, -0.2) is 0 Å². The Morgan fingerprint density at radius 3 is 2.65 bits per heavy atom. The van der Waals surface area contributed by atoms with Crippen LogP contribution in [-0.2, 0) is 17.8 Å². The molecule has 3 aromatic rings. The number of carbonyl (C=O) groups is 1. The van der Waals surface area contributed by atoms with Crippen LogP contribution in [-0.4, -0.2) is 34.7 Å². The third-order valence-corrected chi connectivity index (χ3v) is 3.89. The van der Waals surface area contributed by atoms with Gasteiger partial charge in [-0.2, -0.15) is 0 Å². The zero-order valence-corrected chi connectivity index (χ0v) is 14.8. The van der Waals surface area contributed by atoms with Crippen LogP contribution in [0.1, 0.15) is 24.8 Å². The number of rotatable bonds is 8. The summed E-state index contributed by atoms with van der Waals surface area (Å²) in [5, 5.41) is 7.99. The lowest BCUT2D eigenvalue weighted by atomic mass is 10.1. The summed E-state index contributed by atoms with van der Waals surface area (Å²) in [7, 11) is 1.62. The molecule has 0 fully saturated rings. The topological polar surface area (TPSA) is 81.6 Å². The number of methoxy groups -OCH3 is 1. The van der Waals surface area contributed by atoms with E-state index in [1.807, 2.05) is 31.2 Å². The van der Waals surface area contributed by atoms with E-state index in [2.05, 4.69) is 10.2 Å². The molecule has 0 N–H and O–H groups in total. The molecule has 0 bridgehead atoms. The lowest BCUT2D eigenvalue weighted by molar-refractivity contribution is -0.131. The average molecular weight is 355 g/mol. The Morgan fingerprint density at radius 1 is 1.19 bits per heavy atom. The molecule has 1 amide bonds. The Balaban J connectivity index is 1.66. The Morgan fingerprint density at radius 2 is 2.00 bits per heavy atom. The Bertz CT molecular complexity index is 825. The molecule has 0 saturated heterocycles. The first-order chi connectivity index (χ1) is 12.7. The van der Waals surface area contributed by atoms with Gasteiger partial charge < -0.3 is 18.5 Å². The second kappa shape index (κ2) is 8.33. The molecule has 7 nitrogen and oxygen atoms in total. The second-order valence-electron chi connectivity index (χ2n) is 5.82. The van der Waals surface area contributed by atoms with Gasteiger partial charge in [0.2, 0.25) is 11.8 Å². The van der Waals surface area contributed by atoms with Gasteiger partial charge in [-0.1, -0.05) is 19.1 Å². The fraction of sp³-hybridized carbons (Fsp3) is 0.316. The van der Waals surface area contributed by atoms with Crippen LogP contribution >= 0.6 is 0 Å².